The van der Waals surface area contributed by atoms with E-state index in [0.717, 1.165) is 32.1 Å². The number of ketones is 1. The molecule has 1 saturated heterocycles. The van der Waals surface area contributed by atoms with E-state index in [0.29, 0.717) is 25.5 Å². The Morgan fingerprint density at radius 3 is 2.11 bits per heavy atom. The maximum absolute atomic E-state index is 14.2. The lowest BCUT2D eigenvalue weighted by Crippen LogP contribution is -2.62. The first-order valence-electron chi connectivity index (χ1n) is 16.7. The molecule has 4 rings (SSSR count). The Hall–Kier alpha value is -3.38. The van der Waals surface area contributed by atoms with E-state index in [1.165, 1.54) is 4.90 Å². The standard InChI is InChI=1S/C33H53N5O8/c1-17(2)22(16-46-31(44)45-15-19-11-12-19)36-30(43)37-26(32(3,4)5)29(42)38-14-20-23(33(20,6)7)24(38)28(41)35-21(25(39)27(34)40)13-18-9-8-10-18/h17-24,26H,8-16H2,1-7H3,(H2,34,40)(H,35,41)(H2,36,37,43)/t20-,21+,22+,23-,24?,26?/m0/s1. The van der Waals surface area contributed by atoms with Gasteiger partial charge in [-0.3, -0.25) is 19.2 Å². The lowest BCUT2D eigenvalue weighted by molar-refractivity contribution is -0.145. The minimum atomic E-state index is -1.10. The Kier molecular flexibility index (Phi) is 10.6. The number of nitrogens with one attached hydrogen (secondary N) is 3. The molecule has 2 unspecified atom stereocenters. The summed E-state index contributed by atoms with van der Waals surface area (Å²) in [6.07, 6.45) is 4.49. The number of hydrogen-bond acceptors (Lipinski definition) is 8. The summed E-state index contributed by atoms with van der Waals surface area (Å²) in [5, 5.41) is 8.43. The third-order valence-electron chi connectivity index (χ3n) is 10.5. The summed E-state index contributed by atoms with van der Waals surface area (Å²) in [7, 11) is 0. The number of rotatable bonds is 14. The lowest BCUT2D eigenvalue weighted by Gasteiger charge is -2.38. The van der Waals surface area contributed by atoms with E-state index in [4.69, 9.17) is 15.2 Å². The van der Waals surface area contributed by atoms with Crippen molar-refractivity contribution < 1.29 is 38.2 Å². The van der Waals surface area contributed by atoms with Gasteiger partial charge in [0.2, 0.25) is 17.6 Å². The molecule has 0 aromatic rings. The molecular formula is C33H53N5O8. The van der Waals surface area contributed by atoms with Gasteiger partial charge in [-0.1, -0.05) is 67.7 Å². The van der Waals surface area contributed by atoms with Gasteiger partial charge in [-0.05, 0) is 59.7 Å². The first-order valence-corrected chi connectivity index (χ1v) is 16.7. The molecule has 1 heterocycles. The number of likely N-dealkylation sites (tertiary alicyclic amines) is 1. The monoisotopic (exact) mass is 647 g/mol. The van der Waals surface area contributed by atoms with E-state index in [2.05, 4.69) is 16.0 Å². The highest BCUT2D eigenvalue weighted by Crippen LogP contribution is 2.65. The van der Waals surface area contributed by atoms with Gasteiger partial charge in [0, 0.05) is 6.54 Å². The largest absolute Gasteiger partial charge is 0.508 e. The molecule has 0 spiro atoms. The minimum absolute atomic E-state index is 0.0701. The number of carbonyl (C=O) groups is 6. The van der Waals surface area contributed by atoms with Crippen molar-refractivity contribution in [3.05, 3.63) is 0 Å². The second-order valence-electron chi connectivity index (χ2n) is 15.8. The molecule has 3 saturated carbocycles. The molecule has 258 valence electrons. The number of carbonyl (C=O) groups excluding carboxylic acids is 6. The summed E-state index contributed by atoms with van der Waals surface area (Å²) in [6.45, 7) is 13.9. The van der Waals surface area contributed by atoms with E-state index in [-0.39, 0.29) is 35.7 Å². The molecule has 13 heteroatoms. The van der Waals surface area contributed by atoms with Crippen LogP contribution in [0.15, 0.2) is 0 Å². The van der Waals surface area contributed by atoms with Crippen molar-refractivity contribution >= 4 is 35.7 Å². The molecule has 4 aliphatic rings. The molecule has 3 aliphatic carbocycles. The van der Waals surface area contributed by atoms with E-state index in [9.17, 15) is 28.8 Å². The SMILES string of the molecule is CC(C)[C@@H](COC(=O)OCC1CC1)NC(=O)NC(C(=O)N1C[C@H]2[C@@H](C1C(=O)N[C@H](CC1CCC1)C(=O)C(N)=O)C2(C)C)C(C)(C)C. The average molecular weight is 648 g/mol. The fraction of sp³-hybridized carbons (Fsp3) is 0.818. The Morgan fingerprint density at radius 2 is 1.59 bits per heavy atom. The summed E-state index contributed by atoms with van der Waals surface area (Å²) in [5.74, 6) is -2.39. The number of urea groups is 1. The number of nitrogens with two attached hydrogens (primary N) is 1. The zero-order chi connectivity index (χ0) is 34.1. The van der Waals surface area contributed by atoms with E-state index >= 15 is 0 Å². The van der Waals surface area contributed by atoms with Crippen molar-refractivity contribution in [2.75, 3.05) is 19.8 Å². The Labute approximate surface area is 271 Å². The van der Waals surface area contributed by atoms with Crippen LogP contribution in [0.3, 0.4) is 0 Å². The van der Waals surface area contributed by atoms with Crippen LogP contribution in [-0.2, 0) is 28.7 Å². The van der Waals surface area contributed by atoms with Gasteiger partial charge in [-0.25, -0.2) is 9.59 Å². The molecule has 5 N–H and O–H groups in total. The number of ether oxygens (including phenoxy) is 2. The minimum Gasteiger partial charge on any atom is -0.434 e. The number of Topliss-reactive ketones (excluding diaryl/α,β-unsaturated/α-hetero) is 1. The molecule has 0 aromatic heterocycles. The van der Waals surface area contributed by atoms with Crippen molar-refractivity contribution in [2.45, 2.75) is 111 Å². The maximum atomic E-state index is 14.2. The summed E-state index contributed by atoms with van der Waals surface area (Å²) in [5.41, 5.74) is 4.40. The second-order valence-corrected chi connectivity index (χ2v) is 15.8. The highest BCUT2D eigenvalue weighted by Gasteiger charge is 2.70. The summed E-state index contributed by atoms with van der Waals surface area (Å²) in [6, 6.07) is -4.07. The predicted octanol–water partition coefficient (Wildman–Crippen LogP) is 2.50. The third-order valence-corrected chi connectivity index (χ3v) is 10.5. The summed E-state index contributed by atoms with van der Waals surface area (Å²) < 4.78 is 10.4. The van der Waals surface area contributed by atoms with Crippen molar-refractivity contribution in [2.24, 2.45) is 46.2 Å². The Morgan fingerprint density at radius 1 is 0.935 bits per heavy atom. The summed E-state index contributed by atoms with van der Waals surface area (Å²) in [4.78, 5) is 79.4. The molecule has 1 aliphatic heterocycles. The molecule has 0 bridgehead atoms. The number of nitrogens with zero attached hydrogens (tertiary/aromatic N) is 1. The van der Waals surface area contributed by atoms with Gasteiger partial charge in [0.25, 0.3) is 5.91 Å². The topological polar surface area (TPSA) is 186 Å². The molecule has 46 heavy (non-hydrogen) atoms. The number of fused-ring (bicyclic) bond motifs is 1. The first kappa shape index (κ1) is 35.5. The van der Waals surface area contributed by atoms with Gasteiger partial charge in [-0.2, -0.15) is 0 Å². The highest BCUT2D eigenvalue weighted by molar-refractivity contribution is 6.37. The van der Waals surface area contributed by atoms with Crippen molar-refractivity contribution in [3.63, 3.8) is 0 Å². The number of piperidine rings is 1. The van der Waals surface area contributed by atoms with Crippen molar-refractivity contribution in [1.82, 2.24) is 20.9 Å². The van der Waals surface area contributed by atoms with Gasteiger partial charge >= 0.3 is 12.2 Å². The van der Waals surface area contributed by atoms with Crippen LogP contribution < -0.4 is 21.7 Å². The molecular weight excluding hydrogens is 594 g/mol. The van der Waals surface area contributed by atoms with Gasteiger partial charge in [-0.15, -0.1) is 0 Å². The molecule has 0 radical (unpaired) electrons. The maximum Gasteiger partial charge on any atom is 0.508 e. The molecule has 6 atom stereocenters. The van der Waals surface area contributed by atoms with Crippen LogP contribution in [0.2, 0.25) is 0 Å². The van der Waals surface area contributed by atoms with Crippen LogP contribution in [0.5, 0.6) is 0 Å². The van der Waals surface area contributed by atoms with Crippen LogP contribution in [0.25, 0.3) is 0 Å². The number of hydrogen-bond donors (Lipinski definition) is 4. The van der Waals surface area contributed by atoms with Crippen LogP contribution in [0.1, 0.15) is 87.0 Å². The van der Waals surface area contributed by atoms with E-state index in [1.54, 1.807) is 0 Å². The molecule has 0 aromatic carbocycles. The predicted molar refractivity (Wildman–Crippen MR) is 168 cm³/mol. The van der Waals surface area contributed by atoms with E-state index in [1.807, 2.05) is 48.5 Å². The van der Waals surface area contributed by atoms with Crippen molar-refractivity contribution in [3.8, 4) is 0 Å². The van der Waals surface area contributed by atoms with Gasteiger partial charge in [0.15, 0.2) is 0 Å². The van der Waals surface area contributed by atoms with Crippen LogP contribution in [0.4, 0.5) is 9.59 Å². The molecule has 5 amide bonds. The smallest absolute Gasteiger partial charge is 0.434 e. The van der Waals surface area contributed by atoms with Gasteiger partial charge in [0.1, 0.15) is 18.7 Å². The Balaban J connectivity index is 1.44. The zero-order valence-corrected chi connectivity index (χ0v) is 28.4. The summed E-state index contributed by atoms with van der Waals surface area (Å²) >= 11 is 0. The Bertz CT molecular complexity index is 1200. The normalized spacial score (nSPS) is 25.3. The third kappa shape index (κ3) is 8.31. The number of amides is 5. The molecule has 13 nitrogen and oxygen atoms in total. The van der Waals surface area contributed by atoms with Gasteiger partial charge in [0.05, 0.1) is 18.7 Å². The van der Waals surface area contributed by atoms with Crippen LogP contribution >= 0.6 is 0 Å². The highest BCUT2D eigenvalue weighted by atomic mass is 16.7. The van der Waals surface area contributed by atoms with Gasteiger partial charge < -0.3 is 36.1 Å². The van der Waals surface area contributed by atoms with Crippen molar-refractivity contribution in [1.29, 1.82) is 0 Å². The average Bonchev–Trinajstić information content (AvgIpc) is 3.80. The van der Waals surface area contributed by atoms with E-state index < -0.39 is 65.3 Å². The quantitative estimate of drug-likeness (QED) is 0.164. The molecule has 4 fully saturated rings. The van der Waals surface area contributed by atoms with Crippen LogP contribution in [-0.4, -0.2) is 84.5 Å². The zero-order valence-electron chi connectivity index (χ0n) is 28.4. The fourth-order valence-electron chi connectivity index (χ4n) is 6.76. The first-order chi connectivity index (χ1) is 21.4. The lowest BCUT2D eigenvalue weighted by atomic mass is 9.80. The van der Waals surface area contributed by atoms with Crippen LogP contribution in [0, 0.1) is 40.4 Å². The second kappa shape index (κ2) is 13.8. The number of primary amides is 1. The fourth-order valence-corrected chi connectivity index (χ4v) is 6.76.